The van der Waals surface area contributed by atoms with E-state index in [0.717, 1.165) is 5.69 Å². The molecular weight excluding hydrogens is 316 g/mol. The predicted octanol–water partition coefficient (Wildman–Crippen LogP) is 1.22. The number of thiazole rings is 1. The Hall–Kier alpha value is -1.78. The fourth-order valence-corrected chi connectivity index (χ4v) is 4.22. The Kier molecular flexibility index (Phi) is 4.12. The number of aryl methyl sites for hydroxylation is 2. The van der Waals surface area contributed by atoms with Crippen LogP contribution >= 0.6 is 11.3 Å². The first-order chi connectivity index (χ1) is 9.72. The van der Waals surface area contributed by atoms with E-state index in [2.05, 4.69) is 19.9 Å². The van der Waals surface area contributed by atoms with Gasteiger partial charge in [-0.05, 0) is 20.8 Å². The number of nitrogens with zero attached hydrogens (tertiary/aromatic N) is 2. The van der Waals surface area contributed by atoms with Gasteiger partial charge in [-0.25, -0.2) is 22.9 Å². The number of carboxylic acid groups (broad SMARTS) is 1. The van der Waals surface area contributed by atoms with Gasteiger partial charge in [0.05, 0.1) is 11.7 Å². The van der Waals surface area contributed by atoms with Crippen LogP contribution in [0.3, 0.4) is 0 Å². The number of sulfonamides is 1. The minimum Gasteiger partial charge on any atom is -0.476 e. The lowest BCUT2D eigenvalue weighted by atomic mass is 10.4. The van der Waals surface area contributed by atoms with E-state index in [4.69, 9.17) is 5.11 Å². The van der Waals surface area contributed by atoms with Gasteiger partial charge in [0.1, 0.15) is 9.90 Å². The minimum absolute atomic E-state index is 0.169. The normalized spacial score (nSPS) is 13.3. The molecule has 114 valence electrons. The molecule has 8 nitrogen and oxygen atoms in total. The first-order valence-electron chi connectivity index (χ1n) is 5.95. The highest BCUT2D eigenvalue weighted by Gasteiger charge is 2.30. The molecule has 1 atom stereocenters. The number of aromatic carboxylic acids is 1. The van der Waals surface area contributed by atoms with Crippen LogP contribution in [0.5, 0.6) is 0 Å². The molecule has 2 rings (SSSR count). The van der Waals surface area contributed by atoms with E-state index in [-0.39, 0.29) is 10.6 Å². The number of carboxylic acids is 1. The molecule has 0 spiro atoms. The summed E-state index contributed by atoms with van der Waals surface area (Å²) in [5, 5.41) is 17.3. The summed E-state index contributed by atoms with van der Waals surface area (Å²) in [6.07, 6.45) is 0. The molecule has 3 N–H and O–H groups in total. The van der Waals surface area contributed by atoms with Crippen LogP contribution in [0, 0.1) is 13.8 Å². The molecule has 1 unspecified atom stereocenters. The Balaban J connectivity index is 2.35. The van der Waals surface area contributed by atoms with Crippen molar-refractivity contribution >= 4 is 27.3 Å². The molecule has 2 aromatic rings. The molecule has 21 heavy (non-hydrogen) atoms. The third-order valence-electron chi connectivity index (χ3n) is 2.70. The van der Waals surface area contributed by atoms with Crippen LogP contribution < -0.4 is 4.72 Å². The molecule has 0 fully saturated rings. The van der Waals surface area contributed by atoms with Crippen molar-refractivity contribution in [3.63, 3.8) is 0 Å². The number of carbonyl (C=O) groups is 1. The average Bonchev–Trinajstić information content (AvgIpc) is 2.95. The standard InChI is InChI=1S/C11H14N4O4S2/c1-5-4-20-10(12-5)7(3)15-21(18,19)9-6(2)13-14-8(9)11(16)17/h4,7,15H,1-3H3,(H,13,14)(H,16,17). The molecule has 0 aliphatic carbocycles. The third-order valence-corrected chi connectivity index (χ3v) is 5.55. The quantitative estimate of drug-likeness (QED) is 0.757. The van der Waals surface area contributed by atoms with Gasteiger partial charge in [-0.15, -0.1) is 11.3 Å². The minimum atomic E-state index is -4.02. The number of aromatic amines is 1. The Labute approximate surface area is 125 Å². The maximum absolute atomic E-state index is 12.4. The first-order valence-corrected chi connectivity index (χ1v) is 8.31. The van der Waals surface area contributed by atoms with Gasteiger partial charge in [0.2, 0.25) is 10.0 Å². The number of hydrogen-bond acceptors (Lipinski definition) is 6. The molecule has 0 amide bonds. The van der Waals surface area contributed by atoms with Gasteiger partial charge < -0.3 is 5.11 Å². The Morgan fingerprint density at radius 1 is 1.48 bits per heavy atom. The van der Waals surface area contributed by atoms with Gasteiger partial charge >= 0.3 is 5.97 Å². The smallest absolute Gasteiger partial charge is 0.357 e. The van der Waals surface area contributed by atoms with Crippen molar-refractivity contribution in [1.29, 1.82) is 0 Å². The summed E-state index contributed by atoms with van der Waals surface area (Å²) in [6, 6.07) is -0.565. The molecule has 0 aromatic carbocycles. The second kappa shape index (κ2) is 5.54. The van der Waals surface area contributed by atoms with Gasteiger partial charge in [-0.3, -0.25) is 5.10 Å². The molecule has 0 saturated carbocycles. The second-order valence-corrected chi connectivity index (χ2v) is 7.04. The first kappa shape index (κ1) is 15.6. The molecule has 2 aromatic heterocycles. The fraction of sp³-hybridized carbons (Fsp3) is 0.364. The highest BCUT2D eigenvalue weighted by Crippen LogP contribution is 2.23. The number of rotatable bonds is 5. The molecule has 0 radical (unpaired) electrons. The Bertz CT molecular complexity index is 778. The molecular formula is C11H14N4O4S2. The highest BCUT2D eigenvalue weighted by molar-refractivity contribution is 7.89. The number of aromatic nitrogens is 3. The van der Waals surface area contributed by atoms with Crippen LogP contribution in [0.15, 0.2) is 10.3 Å². The van der Waals surface area contributed by atoms with Gasteiger partial charge in [0.25, 0.3) is 0 Å². The lowest BCUT2D eigenvalue weighted by molar-refractivity contribution is 0.0686. The monoisotopic (exact) mass is 330 g/mol. The largest absolute Gasteiger partial charge is 0.476 e. The third kappa shape index (κ3) is 3.12. The van der Waals surface area contributed by atoms with E-state index < -0.39 is 27.7 Å². The van der Waals surface area contributed by atoms with E-state index in [0.29, 0.717) is 5.01 Å². The van der Waals surface area contributed by atoms with Crippen LogP contribution in [0.4, 0.5) is 0 Å². The van der Waals surface area contributed by atoms with Crippen molar-refractivity contribution in [2.75, 3.05) is 0 Å². The van der Waals surface area contributed by atoms with E-state index in [1.165, 1.54) is 18.3 Å². The summed E-state index contributed by atoms with van der Waals surface area (Å²) in [6.45, 7) is 4.90. The van der Waals surface area contributed by atoms with Crippen LogP contribution in [0.25, 0.3) is 0 Å². The van der Waals surface area contributed by atoms with Crippen molar-refractivity contribution < 1.29 is 18.3 Å². The summed E-state index contributed by atoms with van der Waals surface area (Å²) in [5.74, 6) is -1.41. The molecule has 0 aliphatic rings. The van der Waals surface area contributed by atoms with Crippen molar-refractivity contribution in [1.82, 2.24) is 19.9 Å². The molecule has 10 heteroatoms. The summed E-state index contributed by atoms with van der Waals surface area (Å²) in [7, 11) is -4.02. The zero-order valence-corrected chi connectivity index (χ0v) is 13.2. The highest BCUT2D eigenvalue weighted by atomic mass is 32.2. The van der Waals surface area contributed by atoms with Crippen LogP contribution in [-0.2, 0) is 10.0 Å². The summed E-state index contributed by atoms with van der Waals surface area (Å²) in [5.41, 5.74) is 0.441. The maximum Gasteiger partial charge on any atom is 0.357 e. The average molecular weight is 330 g/mol. The summed E-state index contributed by atoms with van der Waals surface area (Å²) >= 11 is 1.33. The maximum atomic E-state index is 12.4. The zero-order valence-electron chi connectivity index (χ0n) is 11.5. The van der Waals surface area contributed by atoms with Crippen LogP contribution in [0.1, 0.15) is 39.8 Å². The van der Waals surface area contributed by atoms with E-state index in [9.17, 15) is 13.2 Å². The van der Waals surface area contributed by atoms with Crippen molar-refractivity contribution in [2.45, 2.75) is 31.7 Å². The SMILES string of the molecule is Cc1csc(C(C)NS(=O)(=O)c2c(C(=O)O)n[nH]c2C)n1. The number of hydrogen-bond donors (Lipinski definition) is 3. The molecule has 0 aliphatic heterocycles. The summed E-state index contributed by atoms with van der Waals surface area (Å²) < 4.78 is 27.2. The second-order valence-electron chi connectivity index (χ2n) is 4.50. The molecule has 0 bridgehead atoms. The predicted molar refractivity (Wildman–Crippen MR) is 75.9 cm³/mol. The van der Waals surface area contributed by atoms with Crippen molar-refractivity contribution in [3.05, 3.63) is 27.5 Å². The fourth-order valence-electron chi connectivity index (χ4n) is 1.81. The van der Waals surface area contributed by atoms with Crippen molar-refractivity contribution in [2.24, 2.45) is 0 Å². The van der Waals surface area contributed by atoms with E-state index >= 15 is 0 Å². The van der Waals surface area contributed by atoms with Crippen LogP contribution in [-0.4, -0.2) is 34.7 Å². The Morgan fingerprint density at radius 2 is 2.14 bits per heavy atom. The van der Waals surface area contributed by atoms with Crippen molar-refractivity contribution in [3.8, 4) is 0 Å². The number of nitrogens with one attached hydrogen (secondary N) is 2. The van der Waals surface area contributed by atoms with Gasteiger partial charge in [-0.1, -0.05) is 0 Å². The molecule has 0 saturated heterocycles. The van der Waals surface area contributed by atoms with Gasteiger partial charge in [0, 0.05) is 11.1 Å². The lowest BCUT2D eigenvalue weighted by Gasteiger charge is -2.12. The Morgan fingerprint density at radius 3 is 2.67 bits per heavy atom. The number of H-pyrrole nitrogens is 1. The topological polar surface area (TPSA) is 125 Å². The van der Waals surface area contributed by atoms with E-state index in [1.54, 1.807) is 6.92 Å². The van der Waals surface area contributed by atoms with Gasteiger partial charge in [0.15, 0.2) is 5.69 Å². The zero-order chi connectivity index (χ0) is 15.8. The van der Waals surface area contributed by atoms with Gasteiger partial charge in [-0.2, -0.15) is 5.10 Å². The molecule has 2 heterocycles. The lowest BCUT2D eigenvalue weighted by Crippen LogP contribution is -2.28. The van der Waals surface area contributed by atoms with Crippen LogP contribution in [0.2, 0.25) is 0 Å². The van der Waals surface area contributed by atoms with E-state index in [1.807, 2.05) is 12.3 Å². The summed E-state index contributed by atoms with van der Waals surface area (Å²) in [4.78, 5) is 14.9.